The van der Waals surface area contributed by atoms with Crippen LogP contribution in [0.5, 0.6) is 5.75 Å². The van der Waals surface area contributed by atoms with Gasteiger partial charge in [-0.05, 0) is 56.2 Å². The molecule has 3 rings (SSSR count). The number of halogens is 2. The lowest BCUT2D eigenvalue weighted by Gasteiger charge is -2.22. The summed E-state index contributed by atoms with van der Waals surface area (Å²) in [6.45, 7) is -1.87. The molecular formula is C22H22F2N2O7S. The molecule has 182 valence electrons. The number of esters is 1. The number of rotatable bonds is 8. The number of aryl methyl sites for hydroxylation is 1. The highest BCUT2D eigenvalue weighted by Gasteiger charge is 2.40. The van der Waals surface area contributed by atoms with Gasteiger partial charge in [0.05, 0.1) is 4.90 Å². The van der Waals surface area contributed by atoms with Crippen LogP contribution in [0, 0.1) is 6.92 Å². The van der Waals surface area contributed by atoms with E-state index in [1.165, 1.54) is 24.3 Å². The first-order valence-electron chi connectivity index (χ1n) is 10.2. The third-order valence-electron chi connectivity index (χ3n) is 5.04. The lowest BCUT2D eigenvalue weighted by atomic mass is 10.2. The Morgan fingerprint density at radius 1 is 1.09 bits per heavy atom. The zero-order chi connectivity index (χ0) is 24.9. The molecule has 2 amide bonds. The molecule has 0 unspecified atom stereocenters. The molecule has 2 aromatic rings. The summed E-state index contributed by atoms with van der Waals surface area (Å²) in [6, 6.07) is 9.75. The van der Waals surface area contributed by atoms with Gasteiger partial charge in [0.1, 0.15) is 11.8 Å². The maximum Gasteiger partial charge on any atom is 0.387 e. The average molecular weight is 496 g/mol. The van der Waals surface area contributed by atoms with E-state index in [9.17, 15) is 31.6 Å². The molecule has 0 saturated carbocycles. The van der Waals surface area contributed by atoms with Gasteiger partial charge in [-0.2, -0.15) is 13.1 Å². The summed E-state index contributed by atoms with van der Waals surface area (Å²) in [5.41, 5.74) is 0.877. The Kier molecular flexibility index (Phi) is 7.94. The van der Waals surface area contributed by atoms with Gasteiger partial charge in [-0.3, -0.25) is 19.7 Å². The molecule has 0 radical (unpaired) electrons. The van der Waals surface area contributed by atoms with Gasteiger partial charge in [-0.25, -0.2) is 8.42 Å². The van der Waals surface area contributed by atoms with Crippen molar-refractivity contribution in [2.75, 3.05) is 13.2 Å². The van der Waals surface area contributed by atoms with Crippen molar-refractivity contribution in [1.29, 1.82) is 0 Å². The van der Waals surface area contributed by atoms with Gasteiger partial charge in [0.2, 0.25) is 10.0 Å². The van der Waals surface area contributed by atoms with E-state index in [4.69, 9.17) is 4.74 Å². The topological polar surface area (TPSA) is 119 Å². The quantitative estimate of drug-likeness (QED) is 0.557. The van der Waals surface area contributed by atoms with Crippen molar-refractivity contribution in [3.8, 4) is 5.75 Å². The summed E-state index contributed by atoms with van der Waals surface area (Å²) in [5.74, 6) is -2.83. The highest BCUT2D eigenvalue weighted by molar-refractivity contribution is 7.89. The Bertz CT molecular complexity index is 1150. The van der Waals surface area contributed by atoms with Gasteiger partial charge >= 0.3 is 12.6 Å². The van der Waals surface area contributed by atoms with Gasteiger partial charge in [0.25, 0.3) is 11.8 Å². The average Bonchev–Trinajstić information content (AvgIpc) is 3.29. The number of carbonyl (C=O) groups excluding carboxylic acids is 3. The summed E-state index contributed by atoms with van der Waals surface area (Å²) >= 11 is 0. The number of ether oxygens (including phenoxy) is 2. The molecule has 1 N–H and O–H groups in total. The number of sulfonamides is 1. The molecule has 0 bridgehead atoms. The molecule has 0 spiro atoms. The van der Waals surface area contributed by atoms with Crippen LogP contribution in [0.15, 0.2) is 53.4 Å². The lowest BCUT2D eigenvalue weighted by molar-refractivity contribution is -0.151. The predicted molar refractivity (Wildman–Crippen MR) is 115 cm³/mol. The van der Waals surface area contributed by atoms with Gasteiger partial charge in [-0.1, -0.05) is 17.7 Å². The molecule has 2 aromatic carbocycles. The minimum absolute atomic E-state index is 0.00699. The Morgan fingerprint density at radius 2 is 1.74 bits per heavy atom. The molecule has 34 heavy (non-hydrogen) atoms. The van der Waals surface area contributed by atoms with Crippen LogP contribution in [0.1, 0.15) is 28.8 Å². The molecule has 1 saturated heterocycles. The second-order valence-electron chi connectivity index (χ2n) is 7.47. The van der Waals surface area contributed by atoms with Crippen LogP contribution >= 0.6 is 0 Å². The van der Waals surface area contributed by atoms with Crippen molar-refractivity contribution in [3.05, 3.63) is 59.7 Å². The molecule has 1 fully saturated rings. The maximum absolute atomic E-state index is 12.9. The van der Waals surface area contributed by atoms with Gasteiger partial charge in [0.15, 0.2) is 6.61 Å². The standard InChI is InChI=1S/C22H22F2N2O7S/c1-14-4-10-17(11-5-14)34(30,31)26-12-2-3-18(26)21(29)32-13-19(27)25-20(28)15-6-8-16(9-7-15)33-22(23)24/h4-11,18,22H,2-3,12-13H2,1H3,(H,25,27,28)/t18-/m0/s1. The molecule has 1 aliphatic heterocycles. The first kappa shape index (κ1) is 25.2. The number of benzene rings is 2. The van der Waals surface area contributed by atoms with Crippen LogP contribution in [-0.2, 0) is 24.3 Å². The second kappa shape index (κ2) is 10.7. The van der Waals surface area contributed by atoms with E-state index in [1.807, 2.05) is 12.2 Å². The van der Waals surface area contributed by atoms with Gasteiger partial charge < -0.3 is 9.47 Å². The summed E-state index contributed by atoms with van der Waals surface area (Å²) in [7, 11) is -3.93. The molecular weight excluding hydrogens is 474 g/mol. The largest absolute Gasteiger partial charge is 0.454 e. The molecule has 1 atom stereocenters. The highest BCUT2D eigenvalue weighted by atomic mass is 32.2. The van der Waals surface area contributed by atoms with Crippen molar-refractivity contribution in [1.82, 2.24) is 9.62 Å². The number of nitrogens with one attached hydrogen (secondary N) is 1. The zero-order valence-corrected chi connectivity index (χ0v) is 18.9. The molecule has 9 nitrogen and oxygen atoms in total. The number of alkyl halides is 2. The van der Waals surface area contributed by atoms with Crippen LogP contribution in [0.3, 0.4) is 0 Å². The Balaban J connectivity index is 1.55. The molecule has 1 heterocycles. The third kappa shape index (κ3) is 6.14. The molecule has 0 aliphatic carbocycles. The lowest BCUT2D eigenvalue weighted by Crippen LogP contribution is -2.42. The first-order chi connectivity index (χ1) is 16.1. The maximum atomic E-state index is 12.9. The monoisotopic (exact) mass is 496 g/mol. The fraction of sp³-hybridized carbons (Fsp3) is 0.318. The van der Waals surface area contributed by atoms with Gasteiger partial charge in [0, 0.05) is 12.1 Å². The van der Waals surface area contributed by atoms with Crippen LogP contribution in [0.25, 0.3) is 0 Å². The Labute approximate surface area is 194 Å². The van der Waals surface area contributed by atoms with Crippen molar-refractivity contribution in [2.24, 2.45) is 0 Å². The smallest absolute Gasteiger partial charge is 0.387 e. The summed E-state index contributed by atoms with van der Waals surface area (Å²) in [5, 5.41) is 2.00. The van der Waals surface area contributed by atoms with Crippen LogP contribution < -0.4 is 10.1 Å². The molecule has 12 heteroatoms. The van der Waals surface area contributed by atoms with E-state index in [2.05, 4.69) is 4.74 Å². The van der Waals surface area contributed by atoms with Crippen molar-refractivity contribution in [3.63, 3.8) is 0 Å². The zero-order valence-electron chi connectivity index (χ0n) is 18.1. The Hall–Kier alpha value is -3.38. The number of hydrogen-bond donors (Lipinski definition) is 1. The fourth-order valence-corrected chi connectivity index (χ4v) is 5.01. The van der Waals surface area contributed by atoms with E-state index in [0.29, 0.717) is 6.42 Å². The minimum atomic E-state index is -3.93. The Morgan fingerprint density at radius 3 is 2.35 bits per heavy atom. The number of imide groups is 1. The van der Waals surface area contributed by atoms with Crippen LogP contribution in [0.2, 0.25) is 0 Å². The predicted octanol–water partition coefficient (Wildman–Crippen LogP) is 2.25. The van der Waals surface area contributed by atoms with Crippen LogP contribution in [-0.4, -0.2) is 56.3 Å². The summed E-state index contributed by atoms with van der Waals surface area (Å²) in [6.07, 6.45) is 0.679. The number of amides is 2. The SMILES string of the molecule is Cc1ccc(S(=O)(=O)N2CCC[C@H]2C(=O)OCC(=O)NC(=O)c2ccc(OC(F)F)cc2)cc1. The molecule has 0 aromatic heterocycles. The molecule has 1 aliphatic rings. The number of nitrogens with zero attached hydrogens (tertiary/aromatic N) is 1. The van der Waals surface area contributed by atoms with Crippen LogP contribution in [0.4, 0.5) is 8.78 Å². The number of hydrogen-bond acceptors (Lipinski definition) is 7. The van der Waals surface area contributed by atoms with E-state index in [1.54, 1.807) is 12.1 Å². The van der Waals surface area contributed by atoms with Crippen molar-refractivity contribution < 1.29 is 41.1 Å². The van der Waals surface area contributed by atoms with Crippen molar-refractivity contribution >= 4 is 27.8 Å². The first-order valence-corrected chi connectivity index (χ1v) is 11.7. The summed E-state index contributed by atoms with van der Waals surface area (Å²) in [4.78, 5) is 36.7. The van der Waals surface area contributed by atoms with E-state index < -0.39 is 47.1 Å². The van der Waals surface area contributed by atoms with E-state index in [0.717, 1.165) is 22.0 Å². The normalized spacial score (nSPS) is 16.3. The fourth-order valence-electron chi connectivity index (χ4n) is 3.36. The third-order valence-corrected chi connectivity index (χ3v) is 6.97. The van der Waals surface area contributed by atoms with E-state index in [-0.39, 0.29) is 29.2 Å². The second-order valence-corrected chi connectivity index (χ2v) is 9.37. The van der Waals surface area contributed by atoms with Crippen molar-refractivity contribution in [2.45, 2.75) is 37.3 Å². The van der Waals surface area contributed by atoms with Gasteiger partial charge in [-0.15, -0.1) is 0 Å². The van der Waals surface area contributed by atoms with E-state index >= 15 is 0 Å². The summed E-state index contributed by atoms with van der Waals surface area (Å²) < 4.78 is 60.4. The highest BCUT2D eigenvalue weighted by Crippen LogP contribution is 2.27. The minimum Gasteiger partial charge on any atom is -0.454 e. The number of carbonyl (C=O) groups is 3.